The van der Waals surface area contributed by atoms with Gasteiger partial charge in [0.1, 0.15) is 0 Å². The van der Waals surface area contributed by atoms with Gasteiger partial charge in [-0.3, -0.25) is 9.69 Å². The number of carbonyl (C=O) groups excluding carboxylic acids is 1. The quantitative estimate of drug-likeness (QED) is 0.646. The summed E-state index contributed by atoms with van der Waals surface area (Å²) in [5, 5.41) is 14.9. The molecule has 2 unspecified atom stereocenters. The van der Waals surface area contributed by atoms with Crippen molar-refractivity contribution in [1.82, 2.24) is 10.2 Å². The van der Waals surface area contributed by atoms with Crippen LogP contribution in [0, 0.1) is 17.8 Å². The van der Waals surface area contributed by atoms with Gasteiger partial charge in [-0.25, -0.2) is 0 Å². The smallest absolute Gasteiger partial charge is 0.257 e. The molecule has 0 spiro atoms. The Morgan fingerprint density at radius 3 is 2.43 bits per heavy atom. The number of nitrogens with two attached hydrogens (primary N) is 1. The van der Waals surface area contributed by atoms with Crippen LogP contribution in [-0.2, 0) is 16.9 Å². The number of nitrogens with one attached hydrogen (secondary N) is 1. The lowest BCUT2D eigenvalue weighted by Gasteiger charge is -2.33. The fourth-order valence-corrected chi connectivity index (χ4v) is 5.76. The summed E-state index contributed by atoms with van der Waals surface area (Å²) >= 11 is 0. The molecule has 0 aromatic heterocycles. The molecule has 1 aliphatic heterocycles. The maximum Gasteiger partial charge on any atom is 0.257 e. The molecule has 4 atom stereocenters. The summed E-state index contributed by atoms with van der Waals surface area (Å²) in [6.45, 7) is 2.87. The minimum absolute atomic E-state index is 0.00136. The number of nitrogens with zero attached hydrogens (tertiary/aromatic N) is 1. The first-order valence-electron chi connectivity index (χ1n) is 11.2. The average Bonchev–Trinajstić information content (AvgIpc) is 3.17. The first-order chi connectivity index (χ1) is 14.6. The van der Waals surface area contributed by atoms with E-state index in [0.717, 1.165) is 56.6 Å². The Balaban J connectivity index is 1.23. The van der Waals surface area contributed by atoms with E-state index in [1.165, 1.54) is 5.56 Å². The molecule has 3 aliphatic rings. The predicted octanol–water partition coefficient (Wildman–Crippen LogP) is 2.89. The number of anilines is 1. The fraction of sp³-hybridized carbons (Fsp3) is 0.480. The second-order valence-electron chi connectivity index (χ2n) is 9.38. The van der Waals surface area contributed by atoms with Gasteiger partial charge in [0.2, 0.25) is 0 Å². The number of benzene rings is 2. The van der Waals surface area contributed by atoms with E-state index >= 15 is 0 Å². The van der Waals surface area contributed by atoms with Gasteiger partial charge < -0.3 is 16.2 Å². The number of amides is 1. The fourth-order valence-electron chi connectivity index (χ4n) is 5.76. The number of hydrogen-bond donors (Lipinski definition) is 3. The van der Waals surface area contributed by atoms with Gasteiger partial charge >= 0.3 is 0 Å². The molecule has 0 bridgehead atoms. The van der Waals surface area contributed by atoms with Crippen LogP contribution in [0.5, 0.6) is 0 Å². The van der Waals surface area contributed by atoms with Crippen molar-refractivity contribution >= 4 is 11.6 Å². The van der Waals surface area contributed by atoms with Crippen molar-refractivity contribution in [2.24, 2.45) is 17.8 Å². The molecule has 2 aromatic carbocycles. The molecule has 2 aliphatic carbocycles. The summed E-state index contributed by atoms with van der Waals surface area (Å²) in [5.74, 6) is 0.762. The summed E-state index contributed by atoms with van der Waals surface area (Å²) in [7, 11) is 0. The summed E-state index contributed by atoms with van der Waals surface area (Å²) in [6.07, 6.45) is 3.98. The van der Waals surface area contributed by atoms with Crippen LogP contribution < -0.4 is 11.1 Å². The van der Waals surface area contributed by atoms with E-state index in [2.05, 4.69) is 16.3 Å². The number of likely N-dealkylation sites (tertiary alicyclic amines) is 1. The SMILES string of the molecule is Nc1cccc(CN2C[C@@H]3C(NC(=O)C(O)(c4ccccc4)C4CCCC4)[C@@H]3C2)c1. The molecular weight excluding hydrogens is 374 g/mol. The number of nitrogen functional groups attached to an aromatic ring is 1. The minimum Gasteiger partial charge on any atom is -0.399 e. The maximum absolute atomic E-state index is 13.4. The monoisotopic (exact) mass is 405 g/mol. The van der Waals surface area contributed by atoms with E-state index in [1.807, 2.05) is 48.5 Å². The molecular formula is C25H31N3O2. The van der Waals surface area contributed by atoms with Gasteiger partial charge in [0.25, 0.3) is 5.91 Å². The van der Waals surface area contributed by atoms with Gasteiger partial charge in [0, 0.05) is 37.3 Å². The first-order valence-corrected chi connectivity index (χ1v) is 11.2. The highest BCUT2D eigenvalue weighted by Crippen LogP contribution is 2.47. The summed E-state index contributed by atoms with van der Waals surface area (Å²) in [6, 6.07) is 17.8. The molecule has 1 amide bonds. The minimum atomic E-state index is -1.42. The lowest BCUT2D eigenvalue weighted by molar-refractivity contribution is -0.147. The van der Waals surface area contributed by atoms with Gasteiger partial charge in [0.05, 0.1) is 0 Å². The van der Waals surface area contributed by atoms with Gasteiger partial charge in [-0.2, -0.15) is 0 Å². The van der Waals surface area contributed by atoms with Crippen molar-refractivity contribution in [3.8, 4) is 0 Å². The van der Waals surface area contributed by atoms with Gasteiger partial charge in [-0.15, -0.1) is 0 Å². The number of hydrogen-bond acceptors (Lipinski definition) is 4. The highest BCUT2D eigenvalue weighted by Gasteiger charge is 2.58. The maximum atomic E-state index is 13.4. The van der Waals surface area contributed by atoms with Gasteiger partial charge in [0.15, 0.2) is 5.60 Å². The van der Waals surface area contributed by atoms with Crippen LogP contribution in [-0.4, -0.2) is 35.0 Å². The van der Waals surface area contributed by atoms with E-state index in [9.17, 15) is 9.90 Å². The molecule has 5 nitrogen and oxygen atoms in total. The highest BCUT2D eigenvalue weighted by atomic mass is 16.3. The third-order valence-corrected chi connectivity index (χ3v) is 7.43. The highest BCUT2D eigenvalue weighted by molar-refractivity contribution is 5.87. The summed E-state index contributed by atoms with van der Waals surface area (Å²) in [4.78, 5) is 15.8. The predicted molar refractivity (Wildman–Crippen MR) is 117 cm³/mol. The Labute approximate surface area is 178 Å². The number of piperidine rings is 1. The van der Waals surface area contributed by atoms with Crippen LogP contribution in [0.15, 0.2) is 54.6 Å². The van der Waals surface area contributed by atoms with Crippen molar-refractivity contribution in [1.29, 1.82) is 0 Å². The molecule has 0 radical (unpaired) electrons. The van der Waals surface area contributed by atoms with E-state index in [4.69, 9.17) is 5.73 Å². The number of rotatable bonds is 6. The van der Waals surface area contributed by atoms with Crippen LogP contribution in [0.2, 0.25) is 0 Å². The molecule has 2 aromatic rings. The van der Waals surface area contributed by atoms with Crippen molar-refractivity contribution < 1.29 is 9.90 Å². The standard InChI is InChI=1S/C25H31N3O2/c26-20-12-6-7-17(13-20)14-28-15-21-22(16-28)23(21)27-24(29)25(30,19-10-4-5-11-19)18-8-2-1-3-9-18/h1-3,6-9,12-13,19,21-23,30H,4-5,10-11,14-16,26H2,(H,27,29)/t21-,22+,23?,25?. The molecule has 30 heavy (non-hydrogen) atoms. The Hall–Kier alpha value is -2.37. The molecule has 5 rings (SSSR count). The Kier molecular flexibility index (Phi) is 5.03. The first kappa shape index (κ1) is 19.6. The van der Waals surface area contributed by atoms with Crippen molar-refractivity contribution in [2.75, 3.05) is 18.8 Å². The van der Waals surface area contributed by atoms with Gasteiger partial charge in [-0.1, -0.05) is 55.3 Å². The Morgan fingerprint density at radius 1 is 1.07 bits per heavy atom. The van der Waals surface area contributed by atoms with E-state index < -0.39 is 5.60 Å². The van der Waals surface area contributed by atoms with Crippen LogP contribution in [0.4, 0.5) is 5.69 Å². The van der Waals surface area contributed by atoms with Crippen molar-refractivity contribution in [2.45, 2.75) is 43.9 Å². The van der Waals surface area contributed by atoms with Crippen LogP contribution in [0.25, 0.3) is 0 Å². The third-order valence-electron chi connectivity index (χ3n) is 7.43. The molecule has 1 saturated heterocycles. The Bertz CT molecular complexity index is 900. The average molecular weight is 406 g/mol. The second kappa shape index (κ2) is 7.71. The molecule has 1 heterocycles. The Morgan fingerprint density at radius 2 is 1.77 bits per heavy atom. The summed E-state index contributed by atoms with van der Waals surface area (Å²) in [5.41, 5.74) is 7.23. The summed E-state index contributed by atoms with van der Waals surface area (Å²) < 4.78 is 0. The molecule has 4 N–H and O–H groups in total. The zero-order valence-corrected chi connectivity index (χ0v) is 17.3. The van der Waals surface area contributed by atoms with Gasteiger partial charge in [-0.05, 0) is 47.9 Å². The molecule has 2 saturated carbocycles. The second-order valence-corrected chi connectivity index (χ2v) is 9.38. The zero-order valence-electron chi connectivity index (χ0n) is 17.3. The molecule has 158 valence electrons. The molecule has 3 fully saturated rings. The lowest BCUT2D eigenvalue weighted by Crippen LogP contribution is -2.50. The number of aliphatic hydroxyl groups is 1. The van der Waals surface area contributed by atoms with Crippen LogP contribution in [0.1, 0.15) is 36.8 Å². The third kappa shape index (κ3) is 3.50. The van der Waals surface area contributed by atoms with Crippen LogP contribution >= 0.6 is 0 Å². The largest absolute Gasteiger partial charge is 0.399 e. The number of carbonyl (C=O) groups is 1. The lowest BCUT2D eigenvalue weighted by atomic mass is 9.79. The topological polar surface area (TPSA) is 78.6 Å². The van der Waals surface area contributed by atoms with Crippen molar-refractivity contribution in [3.63, 3.8) is 0 Å². The van der Waals surface area contributed by atoms with E-state index in [0.29, 0.717) is 11.8 Å². The van der Waals surface area contributed by atoms with Crippen LogP contribution in [0.3, 0.4) is 0 Å². The van der Waals surface area contributed by atoms with E-state index in [-0.39, 0.29) is 17.9 Å². The normalized spacial score (nSPS) is 28.1. The molecule has 5 heteroatoms. The zero-order chi connectivity index (χ0) is 20.7. The van der Waals surface area contributed by atoms with E-state index in [1.54, 1.807) is 0 Å². The van der Waals surface area contributed by atoms with Crippen molar-refractivity contribution in [3.05, 3.63) is 65.7 Å². The number of fused-ring (bicyclic) bond motifs is 1.